The summed E-state index contributed by atoms with van der Waals surface area (Å²) in [7, 11) is 1.92. The average Bonchev–Trinajstić information content (AvgIpc) is 3.37. The van der Waals surface area contributed by atoms with Crippen LogP contribution in [-0.2, 0) is 24.6 Å². The van der Waals surface area contributed by atoms with Gasteiger partial charge in [0.15, 0.2) is 0 Å². The monoisotopic (exact) mass is 463 g/mol. The number of benzene rings is 1. The van der Waals surface area contributed by atoms with Crippen molar-refractivity contribution in [3.63, 3.8) is 0 Å². The van der Waals surface area contributed by atoms with E-state index in [9.17, 15) is 0 Å². The van der Waals surface area contributed by atoms with Crippen molar-refractivity contribution < 1.29 is 13.9 Å². The normalized spacial score (nSPS) is 12.3. The van der Waals surface area contributed by atoms with Crippen LogP contribution in [0.15, 0.2) is 47.6 Å². The first-order valence-electron chi connectivity index (χ1n) is 12.1. The highest BCUT2D eigenvalue weighted by molar-refractivity contribution is 5.72. The lowest BCUT2D eigenvalue weighted by Gasteiger charge is -2.20. The first-order valence-corrected chi connectivity index (χ1v) is 12.1. The van der Waals surface area contributed by atoms with Gasteiger partial charge in [-0.15, -0.1) is 0 Å². The van der Waals surface area contributed by atoms with Gasteiger partial charge in [0.25, 0.3) is 0 Å². The van der Waals surface area contributed by atoms with E-state index < -0.39 is 0 Å². The predicted octanol–water partition coefficient (Wildman–Crippen LogP) is 6.61. The lowest BCUT2D eigenvalue weighted by molar-refractivity contribution is 0.270. The van der Waals surface area contributed by atoms with E-state index >= 15 is 0 Å². The van der Waals surface area contributed by atoms with Gasteiger partial charge in [-0.1, -0.05) is 38.1 Å². The number of hydrogen-bond donors (Lipinski definition) is 0. The van der Waals surface area contributed by atoms with Crippen LogP contribution < -0.4 is 4.74 Å². The van der Waals surface area contributed by atoms with Crippen LogP contribution in [0.25, 0.3) is 17.2 Å². The molecule has 0 amide bonds. The van der Waals surface area contributed by atoms with Crippen LogP contribution in [-0.4, -0.2) is 28.0 Å². The maximum Gasteiger partial charge on any atom is 0.247 e. The SMILES string of the molecule is C=COCC.CCCC1=CCCc2c(OCCc3nc(-c4cc(C)n(C)n4)oc3C)cccc21. The molecular formula is C28H37N3O3. The van der Waals surface area contributed by atoms with Crippen LogP contribution in [0.5, 0.6) is 5.75 Å². The molecule has 1 aliphatic carbocycles. The summed E-state index contributed by atoms with van der Waals surface area (Å²) < 4.78 is 18.5. The average molecular weight is 464 g/mol. The fourth-order valence-electron chi connectivity index (χ4n) is 4.08. The van der Waals surface area contributed by atoms with Crippen molar-refractivity contribution in [1.82, 2.24) is 14.8 Å². The predicted molar refractivity (Wildman–Crippen MR) is 137 cm³/mol. The molecule has 6 nitrogen and oxygen atoms in total. The van der Waals surface area contributed by atoms with Gasteiger partial charge in [-0.05, 0) is 63.3 Å². The van der Waals surface area contributed by atoms with Crippen LogP contribution in [0.1, 0.15) is 61.4 Å². The molecule has 0 spiro atoms. The number of allylic oxidation sites excluding steroid dienone is 2. The van der Waals surface area contributed by atoms with E-state index in [-0.39, 0.29) is 0 Å². The van der Waals surface area contributed by atoms with Gasteiger partial charge in [-0.2, -0.15) is 5.10 Å². The van der Waals surface area contributed by atoms with Gasteiger partial charge in [-0.3, -0.25) is 4.68 Å². The minimum Gasteiger partial charge on any atom is -0.502 e. The molecule has 0 N–H and O–H groups in total. The van der Waals surface area contributed by atoms with Crippen molar-refractivity contribution in [2.75, 3.05) is 13.2 Å². The first-order chi connectivity index (χ1) is 16.5. The fourth-order valence-corrected chi connectivity index (χ4v) is 4.08. The Balaban J connectivity index is 0.000000588. The number of rotatable bonds is 9. The molecule has 0 fully saturated rings. The van der Waals surface area contributed by atoms with Crippen LogP contribution in [0, 0.1) is 13.8 Å². The summed E-state index contributed by atoms with van der Waals surface area (Å²) in [5.74, 6) is 2.41. The number of hydrogen-bond acceptors (Lipinski definition) is 5. The second-order valence-corrected chi connectivity index (χ2v) is 8.34. The molecule has 0 bridgehead atoms. The van der Waals surface area contributed by atoms with Gasteiger partial charge in [0.1, 0.15) is 17.2 Å². The van der Waals surface area contributed by atoms with Crippen molar-refractivity contribution in [2.24, 2.45) is 7.05 Å². The number of fused-ring (bicyclic) bond motifs is 1. The molecule has 2 heterocycles. The Morgan fingerprint density at radius 2 is 2.03 bits per heavy atom. The van der Waals surface area contributed by atoms with E-state index in [1.54, 1.807) is 0 Å². The maximum atomic E-state index is 6.20. The topological polar surface area (TPSA) is 62.3 Å². The minimum atomic E-state index is 0.577. The van der Waals surface area contributed by atoms with Gasteiger partial charge >= 0.3 is 0 Å². The smallest absolute Gasteiger partial charge is 0.247 e. The molecule has 0 aliphatic heterocycles. The van der Waals surface area contributed by atoms with Gasteiger partial charge < -0.3 is 13.9 Å². The molecule has 0 radical (unpaired) electrons. The molecule has 1 aliphatic rings. The van der Waals surface area contributed by atoms with Gasteiger partial charge in [0, 0.05) is 24.7 Å². The van der Waals surface area contributed by atoms with E-state index in [1.165, 1.54) is 29.4 Å². The molecule has 6 heteroatoms. The van der Waals surface area contributed by atoms with Gasteiger partial charge in [0.2, 0.25) is 5.89 Å². The fraction of sp³-hybridized carbons (Fsp3) is 0.429. The van der Waals surface area contributed by atoms with Crippen LogP contribution in [0.3, 0.4) is 0 Å². The zero-order valence-corrected chi connectivity index (χ0v) is 21.2. The lowest BCUT2D eigenvalue weighted by Crippen LogP contribution is -2.07. The highest BCUT2D eigenvalue weighted by atomic mass is 16.5. The Kier molecular flexibility index (Phi) is 9.14. The number of aromatic nitrogens is 3. The summed E-state index contributed by atoms with van der Waals surface area (Å²) in [5.41, 5.74) is 6.95. The minimum absolute atomic E-state index is 0.577. The maximum absolute atomic E-state index is 6.20. The Morgan fingerprint density at radius 3 is 2.68 bits per heavy atom. The lowest BCUT2D eigenvalue weighted by atomic mass is 9.88. The standard InChI is InChI=1S/C24H29N3O2.C4H8O/c1-5-8-18-9-6-11-20-19(18)10-7-12-23(20)28-14-13-21-17(3)29-24(25-21)22-15-16(2)27(4)26-22;1-3-5-4-2/h7,9-10,12,15H,5-6,8,11,13-14H2,1-4H3;3H,1,4H2,2H3. The number of oxazole rings is 1. The zero-order chi connectivity index (χ0) is 24.5. The van der Waals surface area contributed by atoms with E-state index in [1.807, 2.05) is 38.6 Å². The summed E-state index contributed by atoms with van der Waals surface area (Å²) in [4.78, 5) is 4.66. The molecule has 4 rings (SSSR count). The summed E-state index contributed by atoms with van der Waals surface area (Å²) in [6.45, 7) is 12.8. The molecule has 0 atom stereocenters. The van der Waals surface area contributed by atoms with Crippen molar-refractivity contribution in [1.29, 1.82) is 0 Å². The van der Waals surface area contributed by atoms with E-state index in [4.69, 9.17) is 9.15 Å². The first kappa shape index (κ1) is 25.3. The molecule has 2 aromatic heterocycles. The molecular weight excluding hydrogens is 426 g/mol. The highest BCUT2D eigenvalue weighted by Gasteiger charge is 2.17. The molecule has 0 saturated carbocycles. The number of nitrogens with zero attached hydrogens (tertiary/aromatic N) is 3. The van der Waals surface area contributed by atoms with E-state index in [0.29, 0.717) is 18.9 Å². The Hall–Kier alpha value is -3.28. The van der Waals surface area contributed by atoms with Crippen LogP contribution in [0.4, 0.5) is 0 Å². The molecule has 3 aromatic rings. The number of aryl methyl sites for hydroxylation is 3. The molecule has 0 unspecified atom stereocenters. The second-order valence-electron chi connectivity index (χ2n) is 8.34. The third kappa shape index (κ3) is 6.19. The summed E-state index contributed by atoms with van der Waals surface area (Å²) in [5, 5.41) is 4.46. The number of ether oxygens (including phenoxy) is 2. The second kappa shape index (κ2) is 12.3. The van der Waals surface area contributed by atoms with Crippen molar-refractivity contribution in [2.45, 2.75) is 59.8 Å². The quantitative estimate of drug-likeness (QED) is 0.334. The van der Waals surface area contributed by atoms with Crippen LogP contribution in [0.2, 0.25) is 0 Å². The molecule has 34 heavy (non-hydrogen) atoms. The van der Waals surface area contributed by atoms with Crippen molar-refractivity contribution >= 4 is 5.57 Å². The Labute approximate surface area is 203 Å². The van der Waals surface area contributed by atoms with Crippen LogP contribution >= 0.6 is 0 Å². The van der Waals surface area contributed by atoms with Gasteiger partial charge in [-0.25, -0.2) is 4.98 Å². The summed E-state index contributed by atoms with van der Waals surface area (Å²) >= 11 is 0. The Morgan fingerprint density at radius 1 is 1.21 bits per heavy atom. The molecule has 182 valence electrons. The third-order valence-corrected chi connectivity index (χ3v) is 5.89. The third-order valence-electron chi connectivity index (χ3n) is 5.89. The highest BCUT2D eigenvalue weighted by Crippen LogP contribution is 2.35. The zero-order valence-electron chi connectivity index (χ0n) is 21.2. The molecule has 1 aromatic carbocycles. The van der Waals surface area contributed by atoms with Crippen molar-refractivity contribution in [3.05, 3.63) is 71.5 Å². The summed E-state index contributed by atoms with van der Waals surface area (Å²) in [6, 6.07) is 8.41. The summed E-state index contributed by atoms with van der Waals surface area (Å²) in [6.07, 6.45) is 8.96. The largest absolute Gasteiger partial charge is 0.502 e. The van der Waals surface area contributed by atoms with E-state index in [0.717, 1.165) is 54.5 Å². The van der Waals surface area contributed by atoms with Gasteiger partial charge in [0.05, 0.1) is 25.2 Å². The molecule has 0 saturated heterocycles. The van der Waals surface area contributed by atoms with Crippen molar-refractivity contribution in [3.8, 4) is 17.3 Å². The Bertz CT molecular complexity index is 1100. The van der Waals surface area contributed by atoms with E-state index in [2.05, 4.69) is 52.6 Å².